The zero-order valence-corrected chi connectivity index (χ0v) is 17.4. The van der Waals surface area contributed by atoms with E-state index in [1.165, 1.54) is 11.3 Å². The SMILES string of the molecule is CCOP(=O)(CCCCCCNc1ccc(C)c(N(C)C)c1)OCC. The number of aryl methyl sites for hydroxylation is 1. The molecule has 1 N–H and O–H groups in total. The highest BCUT2D eigenvalue weighted by Gasteiger charge is 2.22. The van der Waals surface area contributed by atoms with Gasteiger partial charge in [0.25, 0.3) is 0 Å². The number of hydrogen-bond donors (Lipinski definition) is 1. The molecule has 5 nitrogen and oxygen atoms in total. The second-order valence-electron chi connectivity index (χ2n) is 6.41. The van der Waals surface area contributed by atoms with Crippen LogP contribution in [0.1, 0.15) is 45.1 Å². The second kappa shape index (κ2) is 11.6. The predicted octanol–water partition coefficient (Wildman–Crippen LogP) is 5.30. The van der Waals surface area contributed by atoms with Crippen LogP contribution in [0.25, 0.3) is 0 Å². The molecule has 0 saturated heterocycles. The molecule has 0 fully saturated rings. The average molecular weight is 370 g/mol. The predicted molar refractivity (Wildman–Crippen MR) is 108 cm³/mol. The van der Waals surface area contributed by atoms with Crippen LogP contribution in [0.15, 0.2) is 18.2 Å². The fraction of sp³-hybridized carbons (Fsp3) is 0.684. The van der Waals surface area contributed by atoms with Gasteiger partial charge in [0.15, 0.2) is 0 Å². The molecule has 0 radical (unpaired) electrons. The molecule has 25 heavy (non-hydrogen) atoms. The number of unbranched alkanes of at least 4 members (excludes halogenated alkanes) is 3. The van der Waals surface area contributed by atoms with Crippen molar-refractivity contribution in [2.24, 2.45) is 0 Å². The first-order chi connectivity index (χ1) is 11.9. The lowest BCUT2D eigenvalue weighted by atomic mass is 10.1. The van der Waals surface area contributed by atoms with Gasteiger partial charge in [0.2, 0.25) is 0 Å². The molecule has 0 aliphatic carbocycles. The van der Waals surface area contributed by atoms with E-state index in [4.69, 9.17) is 9.05 Å². The van der Waals surface area contributed by atoms with Crippen molar-refractivity contribution < 1.29 is 13.6 Å². The van der Waals surface area contributed by atoms with Gasteiger partial charge in [-0.3, -0.25) is 4.57 Å². The van der Waals surface area contributed by atoms with E-state index in [1.54, 1.807) is 0 Å². The molecule has 0 amide bonds. The first kappa shape index (κ1) is 22.0. The van der Waals surface area contributed by atoms with E-state index >= 15 is 0 Å². The molecule has 0 spiro atoms. The Morgan fingerprint density at radius 2 is 1.68 bits per heavy atom. The van der Waals surface area contributed by atoms with E-state index in [9.17, 15) is 4.57 Å². The van der Waals surface area contributed by atoms with E-state index in [-0.39, 0.29) is 0 Å². The second-order valence-corrected chi connectivity index (χ2v) is 8.59. The van der Waals surface area contributed by atoms with Gasteiger partial charge < -0.3 is 19.3 Å². The molecule has 1 aromatic rings. The minimum atomic E-state index is -2.86. The number of rotatable bonds is 13. The first-order valence-corrected chi connectivity index (χ1v) is 11.0. The normalized spacial score (nSPS) is 11.6. The van der Waals surface area contributed by atoms with E-state index in [1.807, 2.05) is 13.8 Å². The highest BCUT2D eigenvalue weighted by Crippen LogP contribution is 2.48. The topological polar surface area (TPSA) is 50.8 Å². The third kappa shape index (κ3) is 8.26. The third-order valence-corrected chi connectivity index (χ3v) is 6.20. The Bertz CT molecular complexity index is 539. The van der Waals surface area contributed by atoms with Crippen LogP contribution in [0.4, 0.5) is 11.4 Å². The van der Waals surface area contributed by atoms with Gasteiger partial charge in [0.05, 0.1) is 19.4 Å². The van der Waals surface area contributed by atoms with Crippen LogP contribution >= 0.6 is 7.60 Å². The van der Waals surface area contributed by atoms with E-state index in [0.717, 1.165) is 37.9 Å². The quantitative estimate of drug-likeness (QED) is 0.377. The van der Waals surface area contributed by atoms with Gasteiger partial charge in [0, 0.05) is 32.0 Å². The van der Waals surface area contributed by atoms with Gasteiger partial charge in [-0.15, -0.1) is 0 Å². The first-order valence-electron chi connectivity index (χ1n) is 9.32. The smallest absolute Gasteiger partial charge is 0.330 e. The number of anilines is 2. The fourth-order valence-corrected chi connectivity index (χ4v) is 4.51. The highest BCUT2D eigenvalue weighted by molar-refractivity contribution is 7.53. The molecule has 0 aromatic heterocycles. The fourth-order valence-electron chi connectivity index (χ4n) is 2.78. The molecule has 0 bridgehead atoms. The maximum atomic E-state index is 12.3. The van der Waals surface area contributed by atoms with E-state index < -0.39 is 7.60 Å². The van der Waals surface area contributed by atoms with Crippen LogP contribution in [-0.2, 0) is 13.6 Å². The molecular weight excluding hydrogens is 335 g/mol. The lowest BCUT2D eigenvalue weighted by Gasteiger charge is -2.17. The molecule has 1 aromatic carbocycles. The van der Waals surface area contributed by atoms with Crippen molar-refractivity contribution in [2.45, 2.75) is 46.5 Å². The lowest BCUT2D eigenvalue weighted by molar-refractivity contribution is 0.219. The summed E-state index contributed by atoms with van der Waals surface area (Å²) < 4.78 is 23.0. The van der Waals surface area contributed by atoms with Crippen LogP contribution in [-0.4, -0.2) is 40.0 Å². The third-order valence-electron chi connectivity index (χ3n) is 4.03. The largest absolute Gasteiger partial charge is 0.385 e. The molecule has 0 saturated carbocycles. The Kier molecular flexibility index (Phi) is 10.2. The van der Waals surface area contributed by atoms with Gasteiger partial charge in [0.1, 0.15) is 0 Å². The van der Waals surface area contributed by atoms with E-state index in [2.05, 4.69) is 49.4 Å². The molecule has 0 unspecified atom stereocenters. The van der Waals surface area contributed by atoms with Crippen molar-refractivity contribution in [3.05, 3.63) is 23.8 Å². The number of nitrogens with zero attached hydrogens (tertiary/aromatic N) is 1. The molecule has 0 aliphatic rings. The Labute approximate surface area is 153 Å². The summed E-state index contributed by atoms with van der Waals surface area (Å²) >= 11 is 0. The summed E-state index contributed by atoms with van der Waals surface area (Å²) in [4.78, 5) is 2.13. The van der Waals surface area contributed by atoms with Crippen LogP contribution in [0.5, 0.6) is 0 Å². The maximum absolute atomic E-state index is 12.3. The van der Waals surface area contributed by atoms with Crippen LogP contribution in [0.3, 0.4) is 0 Å². The summed E-state index contributed by atoms with van der Waals surface area (Å²) in [6.45, 7) is 7.65. The Morgan fingerprint density at radius 1 is 1.04 bits per heavy atom. The van der Waals surface area contributed by atoms with Gasteiger partial charge in [-0.25, -0.2) is 0 Å². The Morgan fingerprint density at radius 3 is 2.28 bits per heavy atom. The lowest BCUT2D eigenvalue weighted by Crippen LogP contribution is -2.11. The molecule has 1 rings (SSSR count). The van der Waals surface area contributed by atoms with Crippen molar-refractivity contribution in [2.75, 3.05) is 50.2 Å². The van der Waals surface area contributed by atoms with Crippen molar-refractivity contribution >= 4 is 19.0 Å². The summed E-state index contributed by atoms with van der Waals surface area (Å²) in [6, 6.07) is 6.47. The summed E-state index contributed by atoms with van der Waals surface area (Å²) in [5, 5.41) is 3.48. The Balaban J connectivity index is 2.24. The van der Waals surface area contributed by atoms with Crippen molar-refractivity contribution in [3.8, 4) is 0 Å². The van der Waals surface area contributed by atoms with Gasteiger partial charge in [-0.05, 0) is 51.3 Å². The monoisotopic (exact) mass is 370 g/mol. The number of hydrogen-bond acceptors (Lipinski definition) is 5. The van der Waals surface area contributed by atoms with Crippen LogP contribution in [0, 0.1) is 6.92 Å². The zero-order valence-electron chi connectivity index (χ0n) is 16.5. The molecular formula is C19H35N2O3P. The molecule has 0 aliphatic heterocycles. The van der Waals surface area contributed by atoms with Crippen molar-refractivity contribution in [1.29, 1.82) is 0 Å². The minimum Gasteiger partial charge on any atom is -0.385 e. The average Bonchev–Trinajstić information content (AvgIpc) is 2.55. The Hall–Kier alpha value is -1.03. The minimum absolute atomic E-state index is 0.437. The summed E-state index contributed by atoms with van der Waals surface area (Å²) in [5.74, 6) is 0. The standard InChI is InChI=1S/C19H35N2O3P/c1-6-23-25(22,24-7-2)15-11-9-8-10-14-20-18-13-12-17(3)19(16-18)21(4)5/h12-13,16,20H,6-11,14-15H2,1-5H3. The van der Waals surface area contributed by atoms with Gasteiger partial charge in [-0.1, -0.05) is 18.9 Å². The van der Waals surface area contributed by atoms with Crippen LogP contribution in [0.2, 0.25) is 0 Å². The number of benzene rings is 1. The van der Waals surface area contributed by atoms with Gasteiger partial charge in [-0.2, -0.15) is 0 Å². The summed E-state index contributed by atoms with van der Waals surface area (Å²) in [5.41, 5.74) is 3.68. The summed E-state index contributed by atoms with van der Waals surface area (Å²) in [7, 11) is 1.27. The highest BCUT2D eigenvalue weighted by atomic mass is 31.2. The van der Waals surface area contributed by atoms with Crippen molar-refractivity contribution in [1.82, 2.24) is 0 Å². The van der Waals surface area contributed by atoms with E-state index in [0.29, 0.717) is 19.4 Å². The zero-order chi connectivity index (χ0) is 18.7. The van der Waals surface area contributed by atoms with Crippen molar-refractivity contribution in [3.63, 3.8) is 0 Å². The van der Waals surface area contributed by atoms with Gasteiger partial charge >= 0.3 is 7.60 Å². The molecule has 6 heteroatoms. The summed E-state index contributed by atoms with van der Waals surface area (Å²) in [6.07, 6.45) is 4.65. The maximum Gasteiger partial charge on any atom is 0.330 e. The molecule has 0 heterocycles. The molecule has 0 atom stereocenters. The number of nitrogens with one attached hydrogen (secondary N) is 1. The molecule has 144 valence electrons. The van der Waals surface area contributed by atoms with Crippen LogP contribution < -0.4 is 10.2 Å².